The minimum Gasteiger partial charge on any atom is -0.463 e. The molecule has 3 heterocycles. The van der Waals surface area contributed by atoms with Crippen molar-refractivity contribution in [1.82, 2.24) is 0 Å². The average molecular weight is 736 g/mol. The van der Waals surface area contributed by atoms with Gasteiger partial charge in [-0.3, -0.25) is 24.1 Å². The van der Waals surface area contributed by atoms with Crippen molar-refractivity contribution in [3.05, 3.63) is 113 Å². The zero-order chi connectivity index (χ0) is 37.3. The number of azo groups is 1. The van der Waals surface area contributed by atoms with Crippen LogP contribution in [0.2, 0.25) is 5.02 Å². The molecule has 11 nitrogen and oxygen atoms in total. The van der Waals surface area contributed by atoms with Crippen LogP contribution in [0.4, 0.5) is 32.8 Å². The highest BCUT2D eigenvalue weighted by molar-refractivity contribution is 6.32. The number of amides is 4. The first-order valence-electron chi connectivity index (χ1n) is 17.3. The van der Waals surface area contributed by atoms with Crippen molar-refractivity contribution in [2.75, 3.05) is 28.8 Å². The summed E-state index contributed by atoms with van der Waals surface area (Å²) >= 11 is 6.08. The van der Waals surface area contributed by atoms with E-state index in [4.69, 9.17) is 16.0 Å². The molecule has 8 rings (SSSR count). The van der Waals surface area contributed by atoms with Crippen molar-refractivity contribution < 1.29 is 33.1 Å². The summed E-state index contributed by atoms with van der Waals surface area (Å²) < 4.78 is 20.2. The van der Waals surface area contributed by atoms with E-state index < -0.39 is 52.6 Å². The molecule has 0 bridgehead atoms. The van der Waals surface area contributed by atoms with Gasteiger partial charge in [-0.1, -0.05) is 23.3 Å². The van der Waals surface area contributed by atoms with Gasteiger partial charge in [-0.25, -0.2) is 9.29 Å². The fourth-order valence-electron chi connectivity index (χ4n) is 8.68. The van der Waals surface area contributed by atoms with Crippen LogP contribution in [0.3, 0.4) is 0 Å². The molecule has 1 saturated carbocycles. The van der Waals surface area contributed by atoms with Gasteiger partial charge in [-0.2, -0.15) is 10.2 Å². The summed E-state index contributed by atoms with van der Waals surface area (Å²) in [5.74, 6) is -5.52. The number of imide groups is 2. The van der Waals surface area contributed by atoms with Crippen LogP contribution in [0.15, 0.2) is 105 Å². The number of hydrogen-bond donors (Lipinski definition) is 1. The smallest absolute Gasteiger partial charge is 0.241 e. The summed E-state index contributed by atoms with van der Waals surface area (Å²) in [4.78, 5) is 61.4. The molecule has 53 heavy (non-hydrogen) atoms. The van der Waals surface area contributed by atoms with Crippen molar-refractivity contribution in [3.8, 4) is 0 Å². The second kappa shape index (κ2) is 12.9. The predicted molar refractivity (Wildman–Crippen MR) is 195 cm³/mol. The molecule has 2 saturated heterocycles. The van der Waals surface area contributed by atoms with Crippen LogP contribution in [0.1, 0.15) is 37.2 Å². The van der Waals surface area contributed by atoms with Gasteiger partial charge in [0, 0.05) is 19.8 Å². The number of aliphatic hydroxyl groups excluding tert-OH is 1. The van der Waals surface area contributed by atoms with Crippen molar-refractivity contribution in [2.45, 2.75) is 32.3 Å². The molecule has 4 aliphatic rings. The van der Waals surface area contributed by atoms with Crippen LogP contribution >= 0.6 is 11.6 Å². The Hall–Kier alpha value is -5.46. The number of carbonyl (C=O) groups is 4. The van der Waals surface area contributed by atoms with E-state index in [-0.39, 0.29) is 47.7 Å². The fourth-order valence-corrected chi connectivity index (χ4v) is 8.85. The van der Waals surface area contributed by atoms with Gasteiger partial charge >= 0.3 is 0 Å². The Balaban J connectivity index is 1.11. The molecular formula is C40H35ClFN5O6. The Labute approximate surface area is 309 Å². The Bertz CT molecular complexity index is 2230. The Morgan fingerprint density at radius 1 is 0.868 bits per heavy atom. The molecule has 6 atom stereocenters. The molecule has 2 aliphatic heterocycles. The first-order valence-corrected chi connectivity index (χ1v) is 17.7. The highest BCUT2D eigenvalue weighted by Gasteiger charge is 2.68. The molecule has 1 N–H and O–H groups in total. The summed E-state index contributed by atoms with van der Waals surface area (Å²) in [7, 11) is 3.91. The molecular weight excluding hydrogens is 701 g/mol. The normalized spacial score (nSPS) is 26.6. The zero-order valence-corrected chi connectivity index (χ0v) is 29.8. The van der Waals surface area contributed by atoms with Crippen LogP contribution in [-0.2, 0) is 25.8 Å². The number of aliphatic hydroxyl groups is 1. The molecule has 0 spiro atoms. The molecule has 270 valence electrons. The lowest BCUT2D eigenvalue weighted by Crippen LogP contribution is -2.48. The Morgan fingerprint density at radius 2 is 1.53 bits per heavy atom. The predicted octanol–water partition coefficient (Wildman–Crippen LogP) is 7.48. The Morgan fingerprint density at radius 3 is 2.15 bits per heavy atom. The SMILES string of the molecule is CN(C)c1ccc(N=Nc2ccc(N3C(=O)[C@H]4[C@H](CC=C5[C@H]4C[C@H]4C(=O)N(c6ccc(F)c(Cl)c6)C(=O)[C@@]4(C)[C@H]5c4ccc(CO)o4)C3=O)cc2)cc1. The van der Waals surface area contributed by atoms with Gasteiger partial charge in [0.15, 0.2) is 0 Å². The van der Waals surface area contributed by atoms with Gasteiger partial charge in [0.2, 0.25) is 23.6 Å². The van der Waals surface area contributed by atoms with E-state index in [1.54, 1.807) is 43.3 Å². The van der Waals surface area contributed by atoms with E-state index >= 15 is 0 Å². The monoisotopic (exact) mass is 735 g/mol. The van der Waals surface area contributed by atoms with E-state index in [9.17, 15) is 28.7 Å². The largest absolute Gasteiger partial charge is 0.463 e. The van der Waals surface area contributed by atoms with Gasteiger partial charge in [-0.05, 0) is 105 Å². The third-order valence-electron chi connectivity index (χ3n) is 11.3. The number of fused-ring (bicyclic) bond motifs is 4. The number of rotatable bonds is 7. The van der Waals surface area contributed by atoms with Crippen LogP contribution in [-0.4, -0.2) is 42.8 Å². The quantitative estimate of drug-likeness (QED) is 0.118. The van der Waals surface area contributed by atoms with E-state index in [1.807, 2.05) is 49.3 Å². The minimum atomic E-state index is -1.36. The summed E-state index contributed by atoms with van der Waals surface area (Å²) in [6.07, 6.45) is 2.30. The average Bonchev–Trinajstić information content (AvgIpc) is 3.78. The lowest BCUT2D eigenvalue weighted by molar-refractivity contribution is -0.131. The van der Waals surface area contributed by atoms with Crippen molar-refractivity contribution >= 4 is 63.7 Å². The molecule has 4 aromatic rings. The number of halogens is 2. The van der Waals surface area contributed by atoms with Gasteiger partial charge < -0.3 is 14.4 Å². The maximum absolute atomic E-state index is 14.5. The number of furan rings is 1. The number of carbonyl (C=O) groups excluding carboxylic acids is 4. The summed E-state index contributed by atoms with van der Waals surface area (Å²) in [5.41, 5.74) is 2.15. The first kappa shape index (κ1) is 34.6. The van der Waals surface area contributed by atoms with Crippen LogP contribution in [0.25, 0.3) is 0 Å². The molecule has 2 aliphatic carbocycles. The number of nitrogens with zero attached hydrogens (tertiary/aromatic N) is 5. The third kappa shape index (κ3) is 5.42. The van der Waals surface area contributed by atoms with E-state index in [2.05, 4.69) is 10.2 Å². The maximum atomic E-state index is 14.5. The van der Waals surface area contributed by atoms with Crippen molar-refractivity contribution in [3.63, 3.8) is 0 Å². The van der Waals surface area contributed by atoms with Crippen LogP contribution in [0.5, 0.6) is 0 Å². The molecule has 13 heteroatoms. The highest BCUT2D eigenvalue weighted by atomic mass is 35.5. The van der Waals surface area contributed by atoms with Gasteiger partial charge in [0.1, 0.15) is 23.9 Å². The number of benzene rings is 3. The molecule has 0 unspecified atom stereocenters. The number of allylic oxidation sites excluding steroid dienone is 2. The van der Waals surface area contributed by atoms with Gasteiger partial charge in [0.05, 0.1) is 56.9 Å². The molecule has 3 aromatic carbocycles. The second-order valence-corrected chi connectivity index (χ2v) is 14.8. The molecule has 4 amide bonds. The maximum Gasteiger partial charge on any atom is 0.241 e. The van der Waals surface area contributed by atoms with Crippen LogP contribution < -0.4 is 14.7 Å². The minimum absolute atomic E-state index is 0.130. The van der Waals surface area contributed by atoms with Crippen molar-refractivity contribution in [1.29, 1.82) is 0 Å². The summed E-state index contributed by atoms with van der Waals surface area (Å²) in [5, 5.41) is 18.2. The van der Waals surface area contributed by atoms with E-state index in [0.29, 0.717) is 22.8 Å². The second-order valence-electron chi connectivity index (χ2n) is 14.4. The molecule has 3 fully saturated rings. The topological polar surface area (TPSA) is 136 Å². The Kier molecular flexibility index (Phi) is 8.42. The summed E-state index contributed by atoms with van der Waals surface area (Å²) in [6, 6.07) is 21.3. The van der Waals surface area contributed by atoms with Crippen LogP contribution in [0, 0.1) is 34.9 Å². The molecule has 1 aromatic heterocycles. The first-order chi connectivity index (χ1) is 25.4. The number of anilines is 3. The third-order valence-corrected chi connectivity index (χ3v) is 11.6. The lowest BCUT2D eigenvalue weighted by Gasteiger charge is -2.48. The van der Waals surface area contributed by atoms with Gasteiger partial charge in [0.25, 0.3) is 0 Å². The van der Waals surface area contributed by atoms with E-state index in [0.717, 1.165) is 22.2 Å². The lowest BCUT2D eigenvalue weighted by atomic mass is 9.52. The standard InChI is InChI=1S/C40H35ClFN5O6/c1-40-30(37(50)47(39(40)52)25-12-16-32(42)31(41)18-25)19-29-27(35(40)33-17-13-26(20-48)53-33)14-15-28-34(29)38(51)46(36(28)49)24-10-6-22(7-11-24)44-43-21-4-8-23(9-5-21)45(2)3/h4-14,16-18,28-30,34-35,48H,15,19-20H2,1-3H3/t28-,29+,30-,34-,35+,40+/m0/s1. The molecule has 0 radical (unpaired) electrons. The zero-order valence-electron chi connectivity index (χ0n) is 29.1. The fraction of sp³-hybridized carbons (Fsp3) is 0.300. The van der Waals surface area contributed by atoms with E-state index in [1.165, 1.54) is 17.0 Å². The van der Waals surface area contributed by atoms with Crippen molar-refractivity contribution in [2.24, 2.45) is 39.3 Å². The highest BCUT2D eigenvalue weighted by Crippen LogP contribution is 2.64. The summed E-state index contributed by atoms with van der Waals surface area (Å²) in [6.45, 7) is 1.34. The van der Waals surface area contributed by atoms with Gasteiger partial charge in [-0.15, -0.1) is 0 Å². The number of hydrogen-bond acceptors (Lipinski definition) is 9.